The maximum Gasteiger partial charge on any atom is 0.275 e. The smallest absolute Gasteiger partial charge is 0.275 e. The van der Waals surface area contributed by atoms with E-state index in [1.807, 2.05) is 37.3 Å². The van der Waals surface area contributed by atoms with Gasteiger partial charge in [-0.3, -0.25) is 4.79 Å². The lowest BCUT2D eigenvalue weighted by Crippen LogP contribution is -2.26. The number of carbonyl (C=O) groups is 1. The second kappa shape index (κ2) is 8.19. The fourth-order valence-corrected chi connectivity index (χ4v) is 1.98. The Kier molecular flexibility index (Phi) is 5.97. The first-order valence-corrected chi connectivity index (χ1v) is 7.31. The molecular formula is C16H21N3O3. The molecule has 0 aliphatic carbocycles. The van der Waals surface area contributed by atoms with Crippen LogP contribution in [0.3, 0.4) is 0 Å². The third kappa shape index (κ3) is 4.08. The Balaban J connectivity index is 2.03. The van der Waals surface area contributed by atoms with E-state index in [1.54, 1.807) is 10.9 Å². The predicted molar refractivity (Wildman–Crippen MR) is 83.6 cm³/mol. The number of nitrogens with zero attached hydrogens (tertiary/aromatic N) is 2. The van der Waals surface area contributed by atoms with Gasteiger partial charge in [-0.05, 0) is 25.5 Å². The molecule has 1 aromatic heterocycles. The Morgan fingerprint density at radius 2 is 2.09 bits per heavy atom. The largest absolute Gasteiger partial charge is 0.493 e. The fraction of sp³-hybridized carbons (Fsp3) is 0.375. The van der Waals surface area contributed by atoms with Crippen LogP contribution in [-0.4, -0.2) is 42.6 Å². The summed E-state index contributed by atoms with van der Waals surface area (Å²) < 4.78 is 12.1. The van der Waals surface area contributed by atoms with Gasteiger partial charge in [0.05, 0.1) is 19.0 Å². The molecule has 0 radical (unpaired) electrons. The van der Waals surface area contributed by atoms with E-state index in [9.17, 15) is 4.79 Å². The van der Waals surface area contributed by atoms with Crippen molar-refractivity contribution >= 4 is 5.91 Å². The Labute approximate surface area is 130 Å². The zero-order valence-electron chi connectivity index (χ0n) is 12.9. The van der Waals surface area contributed by atoms with Crippen molar-refractivity contribution < 1.29 is 14.3 Å². The number of carbonyl (C=O) groups excluding carboxylic acids is 1. The van der Waals surface area contributed by atoms with Crippen molar-refractivity contribution in [2.75, 3.05) is 26.9 Å². The molecule has 1 amide bonds. The predicted octanol–water partition coefficient (Wildman–Crippen LogP) is 2.04. The van der Waals surface area contributed by atoms with E-state index in [2.05, 4.69) is 10.4 Å². The molecule has 1 aromatic carbocycles. The summed E-state index contributed by atoms with van der Waals surface area (Å²) in [6, 6.07) is 9.58. The molecule has 1 heterocycles. The summed E-state index contributed by atoms with van der Waals surface area (Å²) in [6.07, 6.45) is 2.46. The van der Waals surface area contributed by atoms with E-state index >= 15 is 0 Å². The maximum absolute atomic E-state index is 12.2. The summed E-state index contributed by atoms with van der Waals surface area (Å²) in [5, 5.41) is 7.14. The first-order valence-electron chi connectivity index (χ1n) is 7.31. The van der Waals surface area contributed by atoms with Gasteiger partial charge in [0.15, 0.2) is 11.4 Å². The van der Waals surface area contributed by atoms with E-state index < -0.39 is 0 Å². The highest BCUT2D eigenvalue weighted by atomic mass is 16.5. The molecule has 0 saturated heterocycles. The van der Waals surface area contributed by atoms with Crippen molar-refractivity contribution in [3.05, 3.63) is 42.2 Å². The van der Waals surface area contributed by atoms with Gasteiger partial charge in [-0.1, -0.05) is 18.2 Å². The Bertz CT molecular complexity index is 596. The van der Waals surface area contributed by atoms with Gasteiger partial charge in [-0.25, -0.2) is 4.68 Å². The second-order valence-corrected chi connectivity index (χ2v) is 4.63. The van der Waals surface area contributed by atoms with Gasteiger partial charge in [0.25, 0.3) is 5.91 Å². The van der Waals surface area contributed by atoms with Crippen LogP contribution in [0, 0.1) is 0 Å². The lowest BCUT2D eigenvalue weighted by Gasteiger charge is -2.04. The van der Waals surface area contributed by atoms with Gasteiger partial charge in [-0.2, -0.15) is 5.10 Å². The zero-order valence-corrected chi connectivity index (χ0v) is 12.9. The minimum absolute atomic E-state index is 0.247. The number of rotatable bonds is 8. The summed E-state index contributed by atoms with van der Waals surface area (Å²) in [7, 11) is 1.53. The molecule has 118 valence electrons. The lowest BCUT2D eigenvalue weighted by atomic mass is 10.3. The van der Waals surface area contributed by atoms with Crippen molar-refractivity contribution in [1.29, 1.82) is 0 Å². The van der Waals surface area contributed by atoms with Crippen molar-refractivity contribution in [2.24, 2.45) is 0 Å². The van der Waals surface area contributed by atoms with Crippen LogP contribution in [-0.2, 0) is 4.74 Å². The normalized spacial score (nSPS) is 10.5. The molecule has 2 aromatic rings. The first-order chi connectivity index (χ1) is 10.8. The highest BCUT2D eigenvalue weighted by molar-refractivity contribution is 5.94. The number of nitrogens with one attached hydrogen (secondary N) is 1. The van der Waals surface area contributed by atoms with Gasteiger partial charge < -0.3 is 14.8 Å². The third-order valence-corrected chi connectivity index (χ3v) is 3.09. The molecule has 6 nitrogen and oxygen atoms in total. The average Bonchev–Trinajstić information content (AvgIpc) is 3.00. The second-order valence-electron chi connectivity index (χ2n) is 4.63. The maximum atomic E-state index is 12.2. The van der Waals surface area contributed by atoms with Crippen molar-refractivity contribution in [3.63, 3.8) is 0 Å². The minimum Gasteiger partial charge on any atom is -0.493 e. The molecule has 0 spiro atoms. The molecule has 1 N–H and O–H groups in total. The summed E-state index contributed by atoms with van der Waals surface area (Å²) in [5.74, 6) is 0.203. The molecule has 0 aliphatic heterocycles. The molecule has 0 aliphatic rings. The molecule has 0 unspecified atom stereocenters. The summed E-state index contributed by atoms with van der Waals surface area (Å²) >= 11 is 0. The number of hydrogen-bond donors (Lipinski definition) is 1. The van der Waals surface area contributed by atoms with E-state index in [1.165, 1.54) is 7.11 Å². The quantitative estimate of drug-likeness (QED) is 0.758. The summed E-state index contributed by atoms with van der Waals surface area (Å²) in [6.45, 7) is 3.80. The van der Waals surface area contributed by atoms with Crippen LogP contribution >= 0.6 is 0 Å². The highest BCUT2D eigenvalue weighted by Crippen LogP contribution is 2.19. The van der Waals surface area contributed by atoms with Crippen LogP contribution in [0.2, 0.25) is 0 Å². The zero-order chi connectivity index (χ0) is 15.8. The van der Waals surface area contributed by atoms with Gasteiger partial charge in [0, 0.05) is 19.8 Å². The average molecular weight is 303 g/mol. The number of methoxy groups -OCH3 is 1. The number of para-hydroxylation sites is 1. The van der Waals surface area contributed by atoms with Crippen molar-refractivity contribution in [1.82, 2.24) is 15.1 Å². The topological polar surface area (TPSA) is 65.4 Å². The number of aromatic nitrogens is 2. The molecule has 0 bridgehead atoms. The third-order valence-electron chi connectivity index (χ3n) is 3.09. The van der Waals surface area contributed by atoms with E-state index in [0.29, 0.717) is 25.5 Å². The van der Waals surface area contributed by atoms with Crippen LogP contribution in [0.5, 0.6) is 5.75 Å². The fourth-order valence-electron chi connectivity index (χ4n) is 1.98. The summed E-state index contributed by atoms with van der Waals surface area (Å²) in [4.78, 5) is 12.2. The molecule has 0 atom stereocenters. The Morgan fingerprint density at radius 1 is 1.32 bits per heavy atom. The van der Waals surface area contributed by atoms with E-state index in [-0.39, 0.29) is 11.6 Å². The molecule has 22 heavy (non-hydrogen) atoms. The van der Waals surface area contributed by atoms with Crippen molar-refractivity contribution in [3.8, 4) is 11.4 Å². The van der Waals surface area contributed by atoms with Gasteiger partial charge in [-0.15, -0.1) is 0 Å². The van der Waals surface area contributed by atoms with Crippen LogP contribution in [0.15, 0.2) is 36.5 Å². The Morgan fingerprint density at radius 3 is 2.77 bits per heavy atom. The number of hydrogen-bond acceptors (Lipinski definition) is 4. The summed E-state index contributed by atoms with van der Waals surface area (Å²) in [5.41, 5.74) is 1.15. The molecule has 2 rings (SSSR count). The molecular weight excluding hydrogens is 282 g/mol. The number of ether oxygens (including phenoxy) is 2. The van der Waals surface area contributed by atoms with E-state index in [4.69, 9.17) is 9.47 Å². The minimum atomic E-state index is -0.247. The Hall–Kier alpha value is -2.34. The number of amides is 1. The van der Waals surface area contributed by atoms with Crippen LogP contribution in [0.4, 0.5) is 0 Å². The molecule has 0 saturated carbocycles. The molecule has 0 fully saturated rings. The number of benzene rings is 1. The van der Waals surface area contributed by atoms with Crippen molar-refractivity contribution in [2.45, 2.75) is 13.3 Å². The first kappa shape index (κ1) is 16.0. The van der Waals surface area contributed by atoms with Crippen LogP contribution < -0.4 is 10.1 Å². The van der Waals surface area contributed by atoms with Crippen LogP contribution in [0.25, 0.3) is 5.69 Å². The van der Waals surface area contributed by atoms with Gasteiger partial charge in [0.1, 0.15) is 0 Å². The van der Waals surface area contributed by atoms with Crippen LogP contribution in [0.1, 0.15) is 23.8 Å². The van der Waals surface area contributed by atoms with Gasteiger partial charge >= 0.3 is 0 Å². The highest BCUT2D eigenvalue weighted by Gasteiger charge is 2.17. The monoisotopic (exact) mass is 303 g/mol. The van der Waals surface area contributed by atoms with E-state index in [0.717, 1.165) is 12.1 Å². The SMILES string of the molecule is CCOCCCNC(=O)c1nn(-c2ccccc2)cc1OC. The van der Waals surface area contributed by atoms with Gasteiger partial charge in [0.2, 0.25) is 0 Å². The standard InChI is InChI=1S/C16H21N3O3/c1-3-22-11-7-10-17-16(20)15-14(21-2)12-19(18-15)13-8-5-4-6-9-13/h4-6,8-9,12H,3,7,10-11H2,1-2H3,(H,17,20). The lowest BCUT2D eigenvalue weighted by molar-refractivity contribution is 0.0936. The molecule has 6 heteroatoms.